The summed E-state index contributed by atoms with van der Waals surface area (Å²) < 4.78 is 11.6. The number of likely N-dealkylation sites (tertiary alicyclic amines) is 1. The molecule has 37 heavy (non-hydrogen) atoms. The minimum absolute atomic E-state index is 0.0881. The van der Waals surface area contributed by atoms with E-state index in [4.69, 9.17) is 9.15 Å². The fourth-order valence-corrected chi connectivity index (χ4v) is 5.35. The molecule has 1 aliphatic carbocycles. The molecule has 5 rings (SSSR count). The number of ether oxygens (including phenoxy) is 1. The van der Waals surface area contributed by atoms with Gasteiger partial charge in [-0.3, -0.25) is 4.79 Å². The van der Waals surface area contributed by atoms with Crippen LogP contribution in [-0.2, 0) is 9.59 Å². The zero-order valence-electron chi connectivity index (χ0n) is 21.1. The molecule has 1 amide bonds. The first-order valence-corrected chi connectivity index (χ1v) is 13.0. The summed E-state index contributed by atoms with van der Waals surface area (Å²) in [4.78, 5) is 33.0. The number of fused-ring (bicyclic) bond motifs is 2. The number of carbonyl (C=O) groups excluding carboxylic acids is 1. The Labute approximate surface area is 216 Å². The van der Waals surface area contributed by atoms with Crippen molar-refractivity contribution < 1.29 is 23.8 Å². The number of amides is 1. The van der Waals surface area contributed by atoms with Gasteiger partial charge in [-0.2, -0.15) is 4.98 Å². The van der Waals surface area contributed by atoms with Crippen molar-refractivity contribution in [1.82, 2.24) is 9.88 Å². The molecular weight excluding hydrogens is 470 g/mol. The van der Waals surface area contributed by atoms with Crippen LogP contribution in [0.3, 0.4) is 0 Å². The number of hydrogen-bond acceptors (Lipinski definition) is 6. The van der Waals surface area contributed by atoms with Gasteiger partial charge in [-0.1, -0.05) is 37.1 Å². The van der Waals surface area contributed by atoms with E-state index in [0.717, 1.165) is 29.8 Å². The van der Waals surface area contributed by atoms with Gasteiger partial charge in [0.15, 0.2) is 5.58 Å². The Morgan fingerprint density at radius 2 is 1.81 bits per heavy atom. The first kappa shape index (κ1) is 24.9. The highest BCUT2D eigenvalue weighted by Gasteiger charge is 2.36. The number of aromatic nitrogens is 1. The summed E-state index contributed by atoms with van der Waals surface area (Å²) in [6.45, 7) is 2.54. The lowest BCUT2D eigenvalue weighted by atomic mass is 9.82. The maximum absolute atomic E-state index is 12.9. The molecule has 1 aliphatic heterocycles. The summed E-state index contributed by atoms with van der Waals surface area (Å²) in [5.41, 5.74) is 2.38. The van der Waals surface area contributed by atoms with E-state index in [9.17, 15) is 14.7 Å². The van der Waals surface area contributed by atoms with Crippen LogP contribution in [0.5, 0.6) is 5.75 Å². The van der Waals surface area contributed by atoms with Crippen LogP contribution in [-0.4, -0.2) is 60.2 Å². The largest absolute Gasteiger partial charge is 0.492 e. The predicted molar refractivity (Wildman–Crippen MR) is 141 cm³/mol. The van der Waals surface area contributed by atoms with Crippen LogP contribution in [0, 0.1) is 11.8 Å². The number of aliphatic carboxylic acids is 1. The summed E-state index contributed by atoms with van der Waals surface area (Å²) in [6.07, 6.45) is 6.31. The van der Waals surface area contributed by atoms with Crippen molar-refractivity contribution in [3.8, 4) is 5.75 Å². The van der Waals surface area contributed by atoms with Crippen LogP contribution in [0.15, 0.2) is 58.5 Å². The number of carboxylic acids is 1. The minimum Gasteiger partial charge on any atom is -0.492 e. The Morgan fingerprint density at radius 1 is 1.11 bits per heavy atom. The molecule has 194 valence electrons. The van der Waals surface area contributed by atoms with Crippen LogP contribution in [0.1, 0.15) is 37.7 Å². The number of carbonyl (C=O) groups is 2. The molecule has 2 fully saturated rings. The van der Waals surface area contributed by atoms with Gasteiger partial charge in [0.1, 0.15) is 17.9 Å². The third-order valence-corrected chi connectivity index (χ3v) is 7.47. The van der Waals surface area contributed by atoms with Crippen molar-refractivity contribution >= 4 is 35.1 Å². The molecule has 0 unspecified atom stereocenters. The molecule has 1 N–H and O–H groups in total. The number of rotatable bonds is 9. The van der Waals surface area contributed by atoms with Crippen molar-refractivity contribution in [2.75, 3.05) is 38.2 Å². The standard InChI is InChI=1S/C29H33N3O5/c1-31(29-30-25-8-4-5-9-26(25)37-29)14-15-36-24-12-10-20(11-13-24)16-23(28(34)35)17-27(33)32-18-21-6-2-3-7-22(21)19-32/h4-5,8-13,16,21-22H,2-3,6-7,14-15,17-19H2,1H3,(H,34,35)/b23-16+/t21-,22+. The van der Waals surface area contributed by atoms with Gasteiger partial charge in [-0.15, -0.1) is 0 Å². The second-order valence-electron chi connectivity index (χ2n) is 10.1. The highest BCUT2D eigenvalue weighted by molar-refractivity contribution is 5.98. The summed E-state index contributed by atoms with van der Waals surface area (Å²) in [5.74, 6) is 0.684. The molecule has 2 heterocycles. The summed E-state index contributed by atoms with van der Waals surface area (Å²) in [6, 6.07) is 15.4. The van der Waals surface area contributed by atoms with E-state index >= 15 is 0 Å². The van der Waals surface area contributed by atoms with Crippen molar-refractivity contribution in [2.45, 2.75) is 32.1 Å². The van der Waals surface area contributed by atoms with Gasteiger partial charge in [0, 0.05) is 25.7 Å². The number of para-hydroxylation sites is 2. The Kier molecular flexibility index (Phi) is 7.44. The van der Waals surface area contributed by atoms with Gasteiger partial charge >= 0.3 is 5.97 Å². The van der Waals surface area contributed by atoms with E-state index in [1.54, 1.807) is 30.3 Å². The first-order chi connectivity index (χ1) is 18.0. The van der Waals surface area contributed by atoms with E-state index in [0.29, 0.717) is 36.8 Å². The van der Waals surface area contributed by atoms with Crippen molar-refractivity contribution in [3.63, 3.8) is 0 Å². The van der Waals surface area contributed by atoms with E-state index in [2.05, 4.69) is 4.98 Å². The summed E-state index contributed by atoms with van der Waals surface area (Å²) in [7, 11) is 1.90. The number of oxazole rings is 1. The SMILES string of the molecule is CN(CCOc1ccc(/C=C(\CC(=O)N2C[C@H]3CCCC[C@H]3C2)C(=O)O)cc1)c1nc2ccccc2o1. The van der Waals surface area contributed by atoms with E-state index < -0.39 is 5.97 Å². The predicted octanol–water partition coefficient (Wildman–Crippen LogP) is 4.85. The fourth-order valence-electron chi connectivity index (χ4n) is 5.35. The van der Waals surface area contributed by atoms with Crippen molar-refractivity contribution in [3.05, 3.63) is 59.7 Å². The lowest BCUT2D eigenvalue weighted by molar-refractivity contribution is -0.136. The number of carboxylic acid groups (broad SMARTS) is 1. The Hall–Kier alpha value is -3.81. The maximum Gasteiger partial charge on any atom is 0.332 e. The monoisotopic (exact) mass is 503 g/mol. The Balaban J connectivity index is 1.14. The van der Waals surface area contributed by atoms with Crippen LogP contribution in [0.25, 0.3) is 17.2 Å². The van der Waals surface area contributed by atoms with Crippen LogP contribution < -0.4 is 9.64 Å². The smallest absolute Gasteiger partial charge is 0.332 e. The molecular formula is C29H33N3O5. The average molecular weight is 504 g/mol. The van der Waals surface area contributed by atoms with Crippen LogP contribution in [0.2, 0.25) is 0 Å². The average Bonchev–Trinajstić information content (AvgIpc) is 3.54. The molecule has 0 radical (unpaired) electrons. The lowest BCUT2D eigenvalue weighted by Gasteiger charge is -2.22. The quantitative estimate of drug-likeness (QED) is 0.417. The zero-order valence-corrected chi connectivity index (χ0v) is 21.1. The zero-order chi connectivity index (χ0) is 25.8. The van der Waals surface area contributed by atoms with Gasteiger partial charge < -0.3 is 24.1 Å². The van der Waals surface area contributed by atoms with Gasteiger partial charge in [0.25, 0.3) is 6.01 Å². The number of hydrogen-bond donors (Lipinski definition) is 1. The van der Waals surface area contributed by atoms with Gasteiger partial charge in [0.05, 0.1) is 13.0 Å². The van der Waals surface area contributed by atoms with Gasteiger partial charge in [0.2, 0.25) is 5.91 Å². The maximum atomic E-state index is 12.9. The van der Waals surface area contributed by atoms with Crippen molar-refractivity contribution in [1.29, 1.82) is 0 Å². The number of likely N-dealkylation sites (N-methyl/N-ethyl adjacent to an activating group) is 1. The number of nitrogens with zero attached hydrogens (tertiary/aromatic N) is 3. The third kappa shape index (κ3) is 5.96. The molecule has 1 aromatic heterocycles. The van der Waals surface area contributed by atoms with Gasteiger partial charge in [-0.05, 0) is 60.6 Å². The summed E-state index contributed by atoms with van der Waals surface area (Å²) >= 11 is 0. The highest BCUT2D eigenvalue weighted by atomic mass is 16.5. The lowest BCUT2D eigenvalue weighted by Crippen LogP contribution is -2.29. The van der Waals surface area contributed by atoms with E-state index in [-0.39, 0.29) is 17.9 Å². The second kappa shape index (κ2) is 11.1. The normalized spacial score (nSPS) is 19.6. The number of benzene rings is 2. The van der Waals surface area contributed by atoms with Gasteiger partial charge in [-0.25, -0.2) is 4.79 Å². The van der Waals surface area contributed by atoms with Crippen molar-refractivity contribution in [2.24, 2.45) is 11.8 Å². The van der Waals surface area contributed by atoms with Crippen LogP contribution >= 0.6 is 0 Å². The minimum atomic E-state index is -1.06. The molecule has 1 saturated carbocycles. The molecule has 2 atom stereocenters. The molecule has 1 saturated heterocycles. The molecule has 3 aromatic rings. The van der Waals surface area contributed by atoms with E-state index in [1.165, 1.54) is 25.7 Å². The Bertz CT molecular complexity index is 1240. The molecule has 0 spiro atoms. The fraction of sp³-hybridized carbons (Fsp3) is 0.414. The molecule has 0 bridgehead atoms. The third-order valence-electron chi connectivity index (χ3n) is 7.47. The Morgan fingerprint density at radius 3 is 2.49 bits per heavy atom. The summed E-state index contributed by atoms with van der Waals surface area (Å²) in [5, 5.41) is 9.71. The topological polar surface area (TPSA) is 96.1 Å². The molecule has 2 aliphatic rings. The van der Waals surface area contributed by atoms with Crippen LogP contribution in [0.4, 0.5) is 6.01 Å². The highest BCUT2D eigenvalue weighted by Crippen LogP contribution is 2.36. The number of anilines is 1. The second-order valence-corrected chi connectivity index (χ2v) is 10.1. The molecule has 8 heteroatoms. The molecule has 2 aromatic carbocycles. The first-order valence-electron chi connectivity index (χ1n) is 13.0. The molecule has 8 nitrogen and oxygen atoms in total. The van der Waals surface area contributed by atoms with E-state index in [1.807, 2.05) is 41.1 Å².